The standard InChI is InChI=1S/6C3H7O2.Sr.Ti/c6*1-5-3-2-4;;/h6*2-3H2,1H3;;/q6*-1;+2;+4. The van der Waals surface area contributed by atoms with Crippen molar-refractivity contribution in [2.24, 2.45) is 0 Å². The molecule has 12 nitrogen and oxygen atoms in total. The normalized spacial score (nSPS) is 7.88. The van der Waals surface area contributed by atoms with E-state index >= 15 is 0 Å². The van der Waals surface area contributed by atoms with Gasteiger partial charge in [0, 0.05) is 82.3 Å². The Labute approximate surface area is 246 Å². The van der Waals surface area contributed by atoms with E-state index in [-0.39, 0.29) is 107 Å². The molecule has 0 spiro atoms. The van der Waals surface area contributed by atoms with E-state index in [9.17, 15) is 30.6 Å². The van der Waals surface area contributed by atoms with E-state index < -0.39 is 0 Å². The fourth-order valence-electron chi connectivity index (χ4n) is 0.500. The van der Waals surface area contributed by atoms with Gasteiger partial charge in [-0.25, -0.2) is 0 Å². The second-order valence-corrected chi connectivity index (χ2v) is 4.18. The fourth-order valence-corrected chi connectivity index (χ4v) is 0.500. The Morgan fingerprint density at radius 1 is 0.344 bits per heavy atom. The molecule has 14 heteroatoms. The van der Waals surface area contributed by atoms with E-state index in [1.165, 1.54) is 42.7 Å². The van der Waals surface area contributed by atoms with Gasteiger partial charge in [0.1, 0.15) is 0 Å². The first-order chi connectivity index (χ1) is 14.5. The predicted molar refractivity (Wildman–Crippen MR) is 106 cm³/mol. The van der Waals surface area contributed by atoms with Crippen molar-refractivity contribution in [3.63, 3.8) is 0 Å². The van der Waals surface area contributed by atoms with Gasteiger partial charge in [0.2, 0.25) is 0 Å². The van der Waals surface area contributed by atoms with Gasteiger partial charge in [-0.05, 0) is 0 Å². The van der Waals surface area contributed by atoms with E-state index in [1.807, 2.05) is 0 Å². The molecular formula is C18H42O12SrTi. The van der Waals surface area contributed by atoms with E-state index in [0.29, 0.717) is 39.6 Å². The van der Waals surface area contributed by atoms with Crippen LogP contribution in [-0.4, -0.2) is 167 Å². The Balaban J connectivity index is -0.0000000356. The minimum absolute atomic E-state index is 0. The monoisotopic (exact) mass is 586 g/mol. The summed E-state index contributed by atoms with van der Waals surface area (Å²) in [6, 6.07) is 0. The van der Waals surface area contributed by atoms with Gasteiger partial charge in [0.25, 0.3) is 0 Å². The molecule has 0 radical (unpaired) electrons. The first kappa shape index (κ1) is 54.6. The molecule has 32 heavy (non-hydrogen) atoms. The molecule has 0 aliphatic heterocycles. The Kier molecular flexibility index (Phi) is 144. The second kappa shape index (κ2) is 84.7. The summed E-state index contributed by atoms with van der Waals surface area (Å²) in [6.45, 7) is 1.23. The van der Waals surface area contributed by atoms with Crippen LogP contribution in [0.25, 0.3) is 0 Å². The van der Waals surface area contributed by atoms with Gasteiger partial charge in [-0.2, -0.15) is 0 Å². The Hall–Kier alpha value is 1.71. The fraction of sp³-hybridized carbons (Fsp3) is 1.00. The van der Waals surface area contributed by atoms with Gasteiger partial charge in [0.15, 0.2) is 0 Å². The van der Waals surface area contributed by atoms with Crippen LogP contribution in [-0.2, 0) is 50.1 Å². The zero-order valence-corrected chi connectivity index (χ0v) is 25.6. The van der Waals surface area contributed by atoms with Gasteiger partial charge in [-0.1, -0.05) is 0 Å². The quantitative estimate of drug-likeness (QED) is 0.197. The van der Waals surface area contributed by atoms with Crippen LogP contribution in [0.2, 0.25) is 0 Å². The molecule has 0 bridgehead atoms. The molecular weight excluding hydrogens is 544 g/mol. The van der Waals surface area contributed by atoms with Crippen LogP contribution < -0.4 is 30.6 Å². The van der Waals surface area contributed by atoms with Gasteiger partial charge in [-0.15, -0.1) is 39.6 Å². The van der Waals surface area contributed by atoms with Crippen molar-refractivity contribution in [3.8, 4) is 0 Å². The Morgan fingerprint density at radius 3 is 0.438 bits per heavy atom. The topological polar surface area (TPSA) is 194 Å². The average molecular weight is 586 g/mol. The van der Waals surface area contributed by atoms with Crippen molar-refractivity contribution in [2.75, 3.05) is 122 Å². The van der Waals surface area contributed by atoms with Crippen molar-refractivity contribution in [3.05, 3.63) is 0 Å². The maximum Gasteiger partial charge on any atom is 4.00 e. The minimum Gasteiger partial charge on any atom is -0.853 e. The molecule has 192 valence electrons. The number of hydrogen-bond donors (Lipinski definition) is 0. The largest absolute Gasteiger partial charge is 4.00 e. The van der Waals surface area contributed by atoms with Crippen molar-refractivity contribution >= 4 is 45.5 Å². The van der Waals surface area contributed by atoms with Crippen molar-refractivity contribution in [1.82, 2.24) is 0 Å². The van der Waals surface area contributed by atoms with Gasteiger partial charge in [0.05, 0.1) is 0 Å². The Morgan fingerprint density at radius 2 is 0.438 bits per heavy atom. The SMILES string of the molecule is COCC[O-].COCC[O-].COCC[O-].COCC[O-].COCC[O-].COCC[O-].[Sr+2].[Ti+4]. The summed E-state index contributed by atoms with van der Waals surface area (Å²) in [6.07, 6.45) is 0. The number of hydrogen-bond acceptors (Lipinski definition) is 12. The third-order valence-corrected chi connectivity index (χ3v) is 1.72. The molecule has 0 amide bonds. The molecule has 0 aliphatic rings. The molecule has 0 aliphatic carbocycles. The first-order valence-corrected chi connectivity index (χ1v) is 8.91. The summed E-state index contributed by atoms with van der Waals surface area (Å²) >= 11 is 0. The summed E-state index contributed by atoms with van der Waals surface area (Å²) in [5.74, 6) is 0. The molecule has 0 saturated carbocycles. The van der Waals surface area contributed by atoms with Gasteiger partial charge >= 0.3 is 67.2 Å². The van der Waals surface area contributed by atoms with Crippen LogP contribution in [0.15, 0.2) is 0 Å². The number of methoxy groups -OCH3 is 6. The van der Waals surface area contributed by atoms with E-state index in [1.54, 1.807) is 0 Å². The third-order valence-electron chi connectivity index (χ3n) is 1.72. The summed E-state index contributed by atoms with van der Waals surface area (Å²) in [4.78, 5) is 0. The summed E-state index contributed by atoms with van der Waals surface area (Å²) in [5, 5.41) is 56.4. The summed E-state index contributed by atoms with van der Waals surface area (Å²) in [7, 11) is 9.07. The predicted octanol–water partition coefficient (Wildman–Crippen LogP) is -6.42. The maximum absolute atomic E-state index is 9.40. The molecule has 0 aromatic rings. The molecule has 0 N–H and O–H groups in total. The molecule has 0 aromatic heterocycles. The van der Waals surface area contributed by atoms with Crippen LogP contribution in [0.1, 0.15) is 0 Å². The van der Waals surface area contributed by atoms with Crippen LogP contribution >= 0.6 is 0 Å². The van der Waals surface area contributed by atoms with E-state index in [4.69, 9.17) is 0 Å². The molecule has 0 saturated heterocycles. The average Bonchev–Trinajstić information content (AvgIpc) is 2.74. The van der Waals surface area contributed by atoms with Gasteiger partial charge in [-0.3, -0.25) is 0 Å². The molecule has 0 fully saturated rings. The van der Waals surface area contributed by atoms with Crippen molar-refractivity contribution in [1.29, 1.82) is 0 Å². The second-order valence-electron chi connectivity index (χ2n) is 4.18. The molecule has 0 heterocycles. The molecule has 0 rings (SSSR count). The summed E-state index contributed by atoms with van der Waals surface area (Å²) in [5.41, 5.74) is 0. The van der Waals surface area contributed by atoms with Gasteiger partial charge < -0.3 is 59.1 Å². The van der Waals surface area contributed by atoms with Crippen LogP contribution in [0.3, 0.4) is 0 Å². The maximum atomic E-state index is 9.40. The zero-order valence-electron chi connectivity index (χ0n) is 20.6. The van der Waals surface area contributed by atoms with Crippen LogP contribution in [0.4, 0.5) is 0 Å². The number of ether oxygens (including phenoxy) is 6. The van der Waals surface area contributed by atoms with Crippen LogP contribution in [0, 0.1) is 0 Å². The number of rotatable bonds is 12. The Bertz CT molecular complexity index is 134. The molecule has 0 aromatic carbocycles. The van der Waals surface area contributed by atoms with Crippen molar-refractivity contribution < 1.29 is 80.8 Å². The summed E-state index contributed by atoms with van der Waals surface area (Å²) < 4.78 is 26.3. The smallest absolute Gasteiger partial charge is 0.853 e. The van der Waals surface area contributed by atoms with E-state index in [2.05, 4.69) is 28.4 Å². The van der Waals surface area contributed by atoms with E-state index in [0.717, 1.165) is 0 Å². The third kappa shape index (κ3) is 159. The minimum atomic E-state index is -0.128. The van der Waals surface area contributed by atoms with Crippen molar-refractivity contribution in [2.45, 2.75) is 0 Å². The zero-order chi connectivity index (χ0) is 24.7. The molecule has 0 atom stereocenters. The van der Waals surface area contributed by atoms with Crippen LogP contribution in [0.5, 0.6) is 0 Å². The first-order valence-electron chi connectivity index (χ1n) is 8.91. The molecule has 0 unspecified atom stereocenters.